The highest BCUT2D eigenvalue weighted by Gasteiger charge is 2.14. The van der Waals surface area contributed by atoms with Crippen molar-refractivity contribution >= 4 is 0 Å². The van der Waals surface area contributed by atoms with Gasteiger partial charge in [-0.2, -0.15) is 10.1 Å². The minimum atomic E-state index is 0.0202. The molecule has 3 rings (SSSR count). The SMILES string of the molecule is OCCC(NCc1nc(-c2ncn[nH]2)no1)c1ccccc1. The second-order valence-corrected chi connectivity index (χ2v) is 4.70. The molecule has 1 atom stereocenters. The molecule has 8 heteroatoms. The monoisotopic (exact) mass is 300 g/mol. The average molecular weight is 300 g/mol. The fourth-order valence-corrected chi connectivity index (χ4v) is 2.15. The number of H-pyrrole nitrogens is 1. The lowest BCUT2D eigenvalue weighted by atomic mass is 10.0. The van der Waals surface area contributed by atoms with Gasteiger partial charge in [-0.15, -0.1) is 0 Å². The molecule has 0 amide bonds. The smallest absolute Gasteiger partial charge is 0.241 e. The van der Waals surface area contributed by atoms with E-state index < -0.39 is 0 Å². The summed E-state index contributed by atoms with van der Waals surface area (Å²) in [5.41, 5.74) is 1.10. The summed E-state index contributed by atoms with van der Waals surface area (Å²) >= 11 is 0. The van der Waals surface area contributed by atoms with Crippen LogP contribution in [0.2, 0.25) is 0 Å². The largest absolute Gasteiger partial charge is 0.396 e. The highest BCUT2D eigenvalue weighted by molar-refractivity contribution is 5.39. The lowest BCUT2D eigenvalue weighted by Crippen LogP contribution is -2.22. The van der Waals surface area contributed by atoms with E-state index >= 15 is 0 Å². The summed E-state index contributed by atoms with van der Waals surface area (Å²) < 4.78 is 5.18. The number of hydrogen-bond donors (Lipinski definition) is 3. The lowest BCUT2D eigenvalue weighted by molar-refractivity contribution is 0.261. The zero-order valence-corrected chi connectivity index (χ0v) is 11.8. The van der Waals surface area contributed by atoms with E-state index in [2.05, 4.69) is 30.6 Å². The van der Waals surface area contributed by atoms with Gasteiger partial charge in [-0.25, -0.2) is 4.98 Å². The zero-order valence-electron chi connectivity index (χ0n) is 11.8. The zero-order chi connectivity index (χ0) is 15.2. The third-order valence-corrected chi connectivity index (χ3v) is 3.21. The van der Waals surface area contributed by atoms with Crippen molar-refractivity contribution in [2.24, 2.45) is 0 Å². The van der Waals surface area contributed by atoms with Gasteiger partial charge < -0.3 is 14.9 Å². The van der Waals surface area contributed by atoms with E-state index in [9.17, 15) is 5.11 Å². The van der Waals surface area contributed by atoms with Gasteiger partial charge in [-0.1, -0.05) is 35.5 Å². The summed E-state index contributed by atoms with van der Waals surface area (Å²) in [4.78, 5) is 8.21. The van der Waals surface area contributed by atoms with Crippen molar-refractivity contribution in [1.82, 2.24) is 30.6 Å². The van der Waals surface area contributed by atoms with E-state index in [1.165, 1.54) is 6.33 Å². The van der Waals surface area contributed by atoms with Gasteiger partial charge >= 0.3 is 0 Å². The molecule has 22 heavy (non-hydrogen) atoms. The molecule has 0 aliphatic carbocycles. The predicted octanol–water partition coefficient (Wildman–Crippen LogP) is 1.07. The van der Waals surface area contributed by atoms with Crippen molar-refractivity contribution in [3.63, 3.8) is 0 Å². The molecule has 0 fully saturated rings. The van der Waals surface area contributed by atoms with Crippen molar-refractivity contribution in [3.8, 4) is 11.6 Å². The Morgan fingerprint density at radius 2 is 2.14 bits per heavy atom. The molecule has 114 valence electrons. The summed E-state index contributed by atoms with van der Waals surface area (Å²) in [5.74, 6) is 1.28. The van der Waals surface area contributed by atoms with Crippen LogP contribution in [-0.2, 0) is 6.54 Å². The molecule has 1 unspecified atom stereocenters. The first kappa shape index (κ1) is 14.4. The number of aromatic nitrogens is 5. The van der Waals surface area contributed by atoms with E-state index in [4.69, 9.17) is 4.52 Å². The second kappa shape index (κ2) is 6.92. The first-order chi connectivity index (χ1) is 10.9. The summed E-state index contributed by atoms with van der Waals surface area (Å²) in [7, 11) is 0. The third kappa shape index (κ3) is 3.35. The molecule has 0 saturated carbocycles. The van der Waals surface area contributed by atoms with E-state index in [0.717, 1.165) is 5.56 Å². The quantitative estimate of drug-likeness (QED) is 0.598. The fourth-order valence-electron chi connectivity index (χ4n) is 2.15. The maximum absolute atomic E-state index is 9.21. The Morgan fingerprint density at radius 3 is 2.86 bits per heavy atom. The van der Waals surface area contributed by atoms with Gasteiger partial charge in [0, 0.05) is 12.6 Å². The van der Waals surface area contributed by atoms with Crippen LogP contribution < -0.4 is 5.32 Å². The number of nitrogens with one attached hydrogen (secondary N) is 2. The number of aliphatic hydroxyl groups excluding tert-OH is 1. The first-order valence-corrected chi connectivity index (χ1v) is 6.94. The molecule has 1 aromatic carbocycles. The summed E-state index contributed by atoms with van der Waals surface area (Å²) in [6.45, 7) is 0.500. The van der Waals surface area contributed by atoms with Gasteiger partial charge in [0.05, 0.1) is 6.54 Å². The molecule has 0 aliphatic heterocycles. The number of hydrogen-bond acceptors (Lipinski definition) is 7. The minimum absolute atomic E-state index is 0.0202. The molecule has 0 saturated heterocycles. The molecule has 3 aromatic rings. The van der Waals surface area contributed by atoms with Crippen LogP contribution in [0.4, 0.5) is 0 Å². The molecule has 3 N–H and O–H groups in total. The van der Waals surface area contributed by atoms with Crippen LogP contribution in [0.3, 0.4) is 0 Å². The summed E-state index contributed by atoms with van der Waals surface area (Å²) in [5, 5.41) is 22.8. The topological polar surface area (TPSA) is 113 Å². The van der Waals surface area contributed by atoms with E-state index in [1.807, 2.05) is 30.3 Å². The van der Waals surface area contributed by atoms with Crippen LogP contribution in [0.1, 0.15) is 23.9 Å². The molecule has 0 aliphatic rings. The van der Waals surface area contributed by atoms with Crippen molar-refractivity contribution in [2.75, 3.05) is 6.61 Å². The van der Waals surface area contributed by atoms with Gasteiger partial charge in [0.15, 0.2) is 5.82 Å². The second-order valence-electron chi connectivity index (χ2n) is 4.70. The van der Waals surface area contributed by atoms with Crippen LogP contribution in [-0.4, -0.2) is 37.0 Å². The van der Waals surface area contributed by atoms with E-state index in [1.54, 1.807) is 0 Å². The highest BCUT2D eigenvalue weighted by Crippen LogP contribution is 2.17. The van der Waals surface area contributed by atoms with Gasteiger partial charge in [0.2, 0.25) is 11.7 Å². The molecule has 0 radical (unpaired) electrons. The van der Waals surface area contributed by atoms with Crippen molar-refractivity contribution in [2.45, 2.75) is 19.0 Å². The summed E-state index contributed by atoms with van der Waals surface area (Å²) in [6.07, 6.45) is 1.99. The molecular formula is C14H16N6O2. The maximum Gasteiger partial charge on any atom is 0.241 e. The summed E-state index contributed by atoms with van der Waals surface area (Å²) in [6, 6.07) is 9.95. The molecule has 0 bridgehead atoms. The van der Waals surface area contributed by atoms with Crippen molar-refractivity contribution in [3.05, 3.63) is 48.1 Å². The molecule has 0 spiro atoms. The lowest BCUT2D eigenvalue weighted by Gasteiger charge is -2.16. The predicted molar refractivity (Wildman–Crippen MR) is 77.4 cm³/mol. The van der Waals surface area contributed by atoms with Crippen LogP contribution in [0.15, 0.2) is 41.2 Å². The van der Waals surface area contributed by atoms with Crippen LogP contribution >= 0.6 is 0 Å². The number of aliphatic hydroxyl groups is 1. The number of benzene rings is 1. The Kier molecular flexibility index (Phi) is 4.52. The Labute approximate surface area is 126 Å². The van der Waals surface area contributed by atoms with Gasteiger partial charge in [-0.3, -0.25) is 5.10 Å². The van der Waals surface area contributed by atoms with Gasteiger partial charge in [-0.05, 0) is 12.0 Å². The molecule has 2 aromatic heterocycles. The number of rotatable bonds is 7. The van der Waals surface area contributed by atoms with Crippen molar-refractivity contribution in [1.29, 1.82) is 0 Å². The van der Waals surface area contributed by atoms with E-state index in [-0.39, 0.29) is 12.6 Å². The minimum Gasteiger partial charge on any atom is -0.396 e. The normalized spacial score (nSPS) is 12.4. The number of nitrogens with zero attached hydrogens (tertiary/aromatic N) is 4. The Balaban J connectivity index is 1.65. The fraction of sp³-hybridized carbons (Fsp3) is 0.286. The Bertz CT molecular complexity index is 682. The Morgan fingerprint density at radius 1 is 1.27 bits per heavy atom. The van der Waals surface area contributed by atoms with E-state index in [0.29, 0.717) is 30.5 Å². The molecule has 8 nitrogen and oxygen atoms in total. The number of aromatic amines is 1. The molecular weight excluding hydrogens is 284 g/mol. The average Bonchev–Trinajstić information content (AvgIpc) is 3.23. The van der Waals surface area contributed by atoms with Crippen LogP contribution in [0.5, 0.6) is 0 Å². The Hall–Kier alpha value is -2.58. The van der Waals surface area contributed by atoms with Crippen LogP contribution in [0, 0.1) is 0 Å². The standard InChI is InChI=1S/C14H16N6O2/c21-7-6-11(10-4-2-1-3-5-10)15-8-12-18-14(20-22-12)13-16-9-17-19-13/h1-5,9,11,15,21H,6-8H2,(H,16,17,19). The third-order valence-electron chi connectivity index (χ3n) is 3.21. The van der Waals surface area contributed by atoms with Crippen molar-refractivity contribution < 1.29 is 9.63 Å². The molecule has 2 heterocycles. The van der Waals surface area contributed by atoms with Crippen LogP contribution in [0.25, 0.3) is 11.6 Å². The highest BCUT2D eigenvalue weighted by atomic mass is 16.5. The first-order valence-electron chi connectivity index (χ1n) is 6.94. The van der Waals surface area contributed by atoms with Gasteiger partial charge in [0.25, 0.3) is 0 Å². The van der Waals surface area contributed by atoms with Gasteiger partial charge in [0.1, 0.15) is 6.33 Å². The maximum atomic E-state index is 9.21.